The summed E-state index contributed by atoms with van der Waals surface area (Å²) in [5.41, 5.74) is 8.78. The number of nitrogens with zero attached hydrogens (tertiary/aromatic N) is 5. The van der Waals surface area contributed by atoms with E-state index in [-0.39, 0.29) is 24.1 Å². The minimum absolute atomic E-state index is 0.0416. The highest BCUT2D eigenvalue weighted by atomic mass is 19.3. The van der Waals surface area contributed by atoms with E-state index < -0.39 is 12.7 Å². The van der Waals surface area contributed by atoms with Gasteiger partial charge in [-0.15, -0.1) is 0 Å². The summed E-state index contributed by atoms with van der Waals surface area (Å²) in [5.74, 6) is 2.33. The van der Waals surface area contributed by atoms with Crippen molar-refractivity contribution < 1.29 is 32.6 Å². The van der Waals surface area contributed by atoms with Crippen LogP contribution in [0.15, 0.2) is 60.7 Å². The van der Waals surface area contributed by atoms with Crippen LogP contribution in [0.1, 0.15) is 18.1 Å². The van der Waals surface area contributed by atoms with Gasteiger partial charge in [0.25, 0.3) is 0 Å². The van der Waals surface area contributed by atoms with Crippen molar-refractivity contribution in [2.75, 3.05) is 18.1 Å². The molecule has 1 aliphatic heterocycles. The van der Waals surface area contributed by atoms with E-state index in [0.29, 0.717) is 46.9 Å². The first-order chi connectivity index (χ1) is 19.4. The van der Waals surface area contributed by atoms with E-state index in [1.165, 1.54) is 24.3 Å². The first-order valence-corrected chi connectivity index (χ1v) is 12.1. The van der Waals surface area contributed by atoms with Gasteiger partial charge in [-0.1, -0.05) is 6.07 Å². The number of benzene rings is 2. The Balaban J connectivity index is 1.60. The summed E-state index contributed by atoms with van der Waals surface area (Å²) in [6.45, 7) is -0.492. The summed E-state index contributed by atoms with van der Waals surface area (Å²) in [6, 6.07) is 11.3. The van der Waals surface area contributed by atoms with E-state index in [9.17, 15) is 18.4 Å². The largest absolute Gasteiger partial charge is 0.464 e. The summed E-state index contributed by atoms with van der Waals surface area (Å²) in [4.78, 5) is 38.2. The second-order valence-electron chi connectivity index (χ2n) is 8.39. The third-order valence-corrected chi connectivity index (χ3v) is 5.96. The number of aromatic nitrogens is 4. The molecule has 1 amide bonds. The summed E-state index contributed by atoms with van der Waals surface area (Å²) < 4.78 is 42.0. The zero-order valence-corrected chi connectivity index (χ0v) is 21.1. The predicted octanol–water partition coefficient (Wildman–Crippen LogP) is 4.33. The normalized spacial score (nSPS) is 12.7. The number of carbonyl (C=O) groups excluding carboxylic acids is 2. The number of alkyl halides is 2. The van der Waals surface area contributed by atoms with Crippen molar-refractivity contribution in [2.45, 2.75) is 20.1 Å². The molecule has 0 unspecified atom stereocenters. The number of ether oxygens (including phenoxy) is 3. The van der Waals surface area contributed by atoms with Gasteiger partial charge < -0.3 is 24.5 Å². The van der Waals surface area contributed by atoms with Crippen LogP contribution in [0.3, 0.4) is 0 Å². The minimum Gasteiger partial charge on any atom is -0.464 e. The SMILES string of the molecule is CCOc1ncc2c(n1)N(c1ccc(OC(F)F)cc1)C(=C=O)C(c1ccc3ncn(CCOC(N)=O)c3c1)=C2. The molecule has 2 aromatic heterocycles. The molecule has 40 heavy (non-hydrogen) atoms. The van der Waals surface area contributed by atoms with E-state index in [0.717, 1.165) is 5.52 Å². The molecule has 13 heteroatoms. The maximum absolute atomic E-state index is 12.7. The molecule has 0 bridgehead atoms. The van der Waals surface area contributed by atoms with Gasteiger partial charge in [0.15, 0.2) is 11.8 Å². The lowest BCUT2D eigenvalue weighted by Gasteiger charge is -2.31. The van der Waals surface area contributed by atoms with Crippen molar-refractivity contribution in [1.29, 1.82) is 0 Å². The highest BCUT2D eigenvalue weighted by molar-refractivity contribution is 6.06. The molecule has 0 atom stereocenters. The van der Waals surface area contributed by atoms with Gasteiger partial charge in [-0.05, 0) is 55.0 Å². The molecule has 5 rings (SSSR count). The van der Waals surface area contributed by atoms with Crippen LogP contribution in [-0.4, -0.2) is 51.4 Å². The number of imidazole rings is 1. The molecular formula is C27H22F2N6O5. The highest BCUT2D eigenvalue weighted by Crippen LogP contribution is 2.43. The van der Waals surface area contributed by atoms with E-state index in [2.05, 4.69) is 19.7 Å². The Bertz CT molecular complexity index is 1650. The molecule has 1 aliphatic rings. The third-order valence-electron chi connectivity index (χ3n) is 5.96. The number of rotatable bonds is 9. The lowest BCUT2D eigenvalue weighted by molar-refractivity contribution is -0.0498. The number of amides is 1. The standard InChI is InChI=1S/C27H22F2N6O5/c1-2-38-27-31-13-17-11-20(16-3-8-21-22(12-16)34(15-32-21)9-10-39-26(30)37)23(14-36)35(24(17)33-27)18-4-6-19(7-5-18)40-25(28)29/h3-8,11-13,15,25H,2,9-10H2,1H3,(H2,30,37). The monoisotopic (exact) mass is 548 g/mol. The molecule has 0 saturated carbocycles. The molecule has 4 aromatic rings. The van der Waals surface area contributed by atoms with Crippen molar-refractivity contribution in [3.8, 4) is 11.8 Å². The maximum atomic E-state index is 12.7. The Morgan fingerprint density at radius 1 is 1.15 bits per heavy atom. The van der Waals surface area contributed by atoms with Crippen molar-refractivity contribution in [3.05, 3.63) is 71.8 Å². The fourth-order valence-electron chi connectivity index (χ4n) is 4.29. The van der Waals surface area contributed by atoms with Gasteiger partial charge in [0.05, 0.1) is 30.5 Å². The van der Waals surface area contributed by atoms with E-state index >= 15 is 0 Å². The van der Waals surface area contributed by atoms with Crippen LogP contribution >= 0.6 is 0 Å². The van der Waals surface area contributed by atoms with E-state index in [1.807, 2.05) is 12.0 Å². The van der Waals surface area contributed by atoms with Gasteiger partial charge in [0.2, 0.25) is 0 Å². The topological polar surface area (TPSA) is 135 Å². The van der Waals surface area contributed by atoms with Crippen molar-refractivity contribution in [3.63, 3.8) is 0 Å². The second-order valence-corrected chi connectivity index (χ2v) is 8.39. The average Bonchev–Trinajstić information content (AvgIpc) is 3.34. The molecule has 0 fully saturated rings. The molecule has 3 heterocycles. The number of hydrogen-bond donors (Lipinski definition) is 1. The molecule has 0 spiro atoms. The summed E-state index contributed by atoms with van der Waals surface area (Å²) in [5, 5.41) is 0. The quantitative estimate of drug-likeness (QED) is 0.303. The Labute approximate surface area is 226 Å². The van der Waals surface area contributed by atoms with Crippen molar-refractivity contribution >= 4 is 46.2 Å². The molecule has 204 valence electrons. The number of carbonyl (C=O) groups is 1. The molecule has 11 nitrogen and oxygen atoms in total. The Morgan fingerprint density at radius 2 is 1.95 bits per heavy atom. The molecule has 2 aromatic carbocycles. The minimum atomic E-state index is -2.98. The number of hydrogen-bond acceptors (Lipinski definition) is 9. The maximum Gasteiger partial charge on any atom is 0.404 e. The lowest BCUT2D eigenvalue weighted by atomic mass is 9.95. The molecule has 0 aliphatic carbocycles. The van der Waals surface area contributed by atoms with Crippen LogP contribution in [0.25, 0.3) is 22.7 Å². The first kappa shape index (κ1) is 26.3. The van der Waals surface area contributed by atoms with Gasteiger partial charge in [-0.2, -0.15) is 13.8 Å². The number of fused-ring (bicyclic) bond motifs is 2. The van der Waals surface area contributed by atoms with Crippen LogP contribution < -0.4 is 20.1 Å². The van der Waals surface area contributed by atoms with Crippen LogP contribution in [0, 0.1) is 0 Å². The number of anilines is 2. The second kappa shape index (κ2) is 11.2. The Morgan fingerprint density at radius 3 is 2.65 bits per heavy atom. The summed E-state index contributed by atoms with van der Waals surface area (Å²) >= 11 is 0. The zero-order chi connectivity index (χ0) is 28.2. The van der Waals surface area contributed by atoms with Gasteiger partial charge in [0, 0.05) is 23.0 Å². The van der Waals surface area contributed by atoms with Crippen LogP contribution in [0.2, 0.25) is 0 Å². The first-order valence-electron chi connectivity index (χ1n) is 12.1. The molecular weight excluding hydrogens is 526 g/mol. The molecule has 0 radical (unpaired) electrons. The van der Waals surface area contributed by atoms with E-state index in [1.54, 1.807) is 47.1 Å². The Hall–Kier alpha value is -5.29. The number of halogens is 2. The summed E-state index contributed by atoms with van der Waals surface area (Å²) in [6.07, 6.45) is 4.06. The van der Waals surface area contributed by atoms with E-state index in [4.69, 9.17) is 15.2 Å². The molecule has 2 N–H and O–H groups in total. The molecule has 0 saturated heterocycles. The van der Waals surface area contributed by atoms with Gasteiger partial charge in [-0.25, -0.2) is 19.6 Å². The fourth-order valence-corrected chi connectivity index (χ4v) is 4.29. The third kappa shape index (κ3) is 5.31. The zero-order valence-electron chi connectivity index (χ0n) is 21.1. The number of primary amides is 1. The van der Waals surface area contributed by atoms with Crippen molar-refractivity contribution in [1.82, 2.24) is 19.5 Å². The highest BCUT2D eigenvalue weighted by Gasteiger charge is 2.29. The van der Waals surface area contributed by atoms with Crippen molar-refractivity contribution in [2.24, 2.45) is 5.73 Å². The van der Waals surface area contributed by atoms with Gasteiger partial charge in [0.1, 0.15) is 18.1 Å². The number of allylic oxidation sites excluding steroid dienone is 1. The predicted molar refractivity (Wildman–Crippen MR) is 141 cm³/mol. The average molecular weight is 549 g/mol. The summed E-state index contributed by atoms with van der Waals surface area (Å²) in [7, 11) is 0. The van der Waals surface area contributed by atoms with Gasteiger partial charge >= 0.3 is 18.7 Å². The lowest BCUT2D eigenvalue weighted by Crippen LogP contribution is -2.24. The van der Waals surface area contributed by atoms with Crippen LogP contribution in [-0.2, 0) is 16.1 Å². The Kier molecular flexibility index (Phi) is 7.38. The van der Waals surface area contributed by atoms with Crippen LogP contribution in [0.4, 0.5) is 25.1 Å². The van der Waals surface area contributed by atoms with Crippen LogP contribution in [0.5, 0.6) is 11.8 Å². The van der Waals surface area contributed by atoms with Gasteiger partial charge in [-0.3, -0.25) is 4.90 Å². The number of nitrogens with two attached hydrogens (primary N) is 1. The fraction of sp³-hybridized carbons (Fsp3) is 0.185. The smallest absolute Gasteiger partial charge is 0.404 e.